The highest BCUT2D eigenvalue weighted by atomic mass is 19.1. The van der Waals surface area contributed by atoms with E-state index in [1.54, 1.807) is 12.3 Å². The predicted molar refractivity (Wildman–Crippen MR) is 130 cm³/mol. The summed E-state index contributed by atoms with van der Waals surface area (Å²) < 4.78 is 43.1. The van der Waals surface area contributed by atoms with Crippen molar-refractivity contribution >= 4 is 23.4 Å². The third kappa shape index (κ3) is 5.19. The van der Waals surface area contributed by atoms with Crippen LogP contribution in [0, 0.1) is 23.4 Å². The Morgan fingerprint density at radius 2 is 1.84 bits per heavy atom. The zero-order chi connectivity index (χ0) is 26.9. The number of halogens is 3. The molecule has 12 heteroatoms. The summed E-state index contributed by atoms with van der Waals surface area (Å²) in [7, 11) is 0. The van der Waals surface area contributed by atoms with Crippen molar-refractivity contribution < 1.29 is 27.9 Å². The summed E-state index contributed by atoms with van der Waals surface area (Å²) in [6.45, 7) is 1.91. The maximum atomic E-state index is 14.6. The van der Waals surface area contributed by atoms with E-state index in [-0.39, 0.29) is 23.6 Å². The minimum Gasteiger partial charge on any atom is -0.464 e. The van der Waals surface area contributed by atoms with Crippen molar-refractivity contribution in [1.29, 1.82) is 0 Å². The Labute approximate surface area is 210 Å². The molecule has 1 aromatic carbocycles. The number of hydrazine groups is 1. The molecule has 194 valence electrons. The Hall–Kier alpha value is -4.19. The molecule has 0 radical (unpaired) electrons. The molecule has 1 fully saturated rings. The molecule has 0 spiro atoms. The number of anilines is 2. The van der Waals surface area contributed by atoms with Gasteiger partial charge in [0.2, 0.25) is 0 Å². The molecule has 3 atom stereocenters. The van der Waals surface area contributed by atoms with E-state index in [9.17, 15) is 27.9 Å². The Morgan fingerprint density at radius 1 is 1.14 bits per heavy atom. The Kier molecular flexibility index (Phi) is 7.30. The van der Waals surface area contributed by atoms with Crippen molar-refractivity contribution in [2.24, 2.45) is 11.8 Å². The topological polar surface area (TPSA) is 147 Å². The fraction of sp³-hybridized carbons (Fsp3) is 0.280. The number of carboxylic acid groups (broad SMARTS) is 1. The number of benzene rings is 1. The van der Waals surface area contributed by atoms with E-state index in [1.165, 1.54) is 6.20 Å². The van der Waals surface area contributed by atoms with Crippen LogP contribution in [0.3, 0.4) is 0 Å². The first-order valence-electron chi connectivity index (χ1n) is 11.5. The van der Waals surface area contributed by atoms with Crippen molar-refractivity contribution in [2.75, 3.05) is 11.1 Å². The molecule has 3 aromatic rings. The van der Waals surface area contributed by atoms with Gasteiger partial charge in [-0.2, -0.15) is 0 Å². The summed E-state index contributed by atoms with van der Waals surface area (Å²) in [5.41, 5.74) is 4.83. The highest BCUT2D eigenvalue weighted by molar-refractivity contribution is 6.07. The van der Waals surface area contributed by atoms with Crippen LogP contribution in [0.25, 0.3) is 11.3 Å². The number of nitrogen functional groups attached to an aromatic ring is 1. The van der Waals surface area contributed by atoms with Gasteiger partial charge in [-0.15, -0.1) is 0 Å². The van der Waals surface area contributed by atoms with E-state index < -0.39 is 46.4 Å². The fourth-order valence-corrected chi connectivity index (χ4v) is 4.85. The number of nitrogens with one attached hydrogen (secondary N) is 1. The zero-order valence-electron chi connectivity index (χ0n) is 19.8. The van der Waals surface area contributed by atoms with Crippen LogP contribution in [0.5, 0.6) is 0 Å². The number of carbonyl (C=O) groups is 2. The van der Waals surface area contributed by atoms with Crippen LogP contribution < -0.4 is 16.9 Å². The minimum absolute atomic E-state index is 0.0339. The largest absolute Gasteiger partial charge is 0.464 e. The molecule has 1 aliphatic carbocycles. The Bertz CT molecular complexity index is 1330. The number of hydrogen-bond acceptors (Lipinski definition) is 6. The summed E-state index contributed by atoms with van der Waals surface area (Å²) in [5.74, 6) is 1.63. The molecule has 2 aromatic heterocycles. The molecular weight excluding hydrogens is 489 g/mol. The molecule has 2 amide bonds. The molecule has 9 nitrogen and oxygen atoms in total. The van der Waals surface area contributed by atoms with Gasteiger partial charge in [0, 0.05) is 12.3 Å². The monoisotopic (exact) mass is 514 g/mol. The number of nitrogens with two attached hydrogens (primary N) is 2. The van der Waals surface area contributed by atoms with Crippen LogP contribution >= 0.6 is 0 Å². The lowest BCUT2D eigenvalue weighted by Gasteiger charge is -2.38. The standard InChI is InChI=1S/C25H25F3N6O3/c1-12-9-13(5-6-20(12)34(30)25(36)37)14-7-8-31-11-19(14)32-24(35)23-18(29)10-17(28)22(33-23)21-15(26)3-2-4-16(21)27/h2-4,7-8,10-13,20H,5-6,9,29-30H2,1H3,(H,32,35)(H,36,37)/t12-,13+,20?/m0/s1. The van der Waals surface area contributed by atoms with Gasteiger partial charge in [0.05, 0.1) is 29.2 Å². The van der Waals surface area contributed by atoms with Crippen LogP contribution in [0.1, 0.15) is 48.2 Å². The lowest BCUT2D eigenvalue weighted by Crippen LogP contribution is -2.49. The van der Waals surface area contributed by atoms with Gasteiger partial charge in [-0.25, -0.2) is 33.8 Å². The Morgan fingerprint density at radius 3 is 2.49 bits per heavy atom. The van der Waals surface area contributed by atoms with Crippen LogP contribution in [0.2, 0.25) is 0 Å². The highest BCUT2D eigenvalue weighted by Crippen LogP contribution is 2.40. The third-order valence-electron chi connectivity index (χ3n) is 6.67. The van der Waals surface area contributed by atoms with E-state index in [4.69, 9.17) is 11.6 Å². The molecule has 1 unspecified atom stereocenters. The average Bonchev–Trinajstić information content (AvgIpc) is 2.84. The van der Waals surface area contributed by atoms with E-state index in [2.05, 4.69) is 15.3 Å². The second-order valence-electron chi connectivity index (χ2n) is 9.01. The van der Waals surface area contributed by atoms with Gasteiger partial charge in [-0.05, 0) is 54.9 Å². The minimum atomic E-state index is -1.20. The smallest absolute Gasteiger partial charge is 0.421 e. The summed E-state index contributed by atoms with van der Waals surface area (Å²) in [4.78, 5) is 32.3. The van der Waals surface area contributed by atoms with E-state index in [1.807, 2.05) is 6.92 Å². The fourth-order valence-electron chi connectivity index (χ4n) is 4.85. The molecular formula is C25H25F3N6O3. The van der Waals surface area contributed by atoms with Crippen molar-refractivity contribution in [3.05, 3.63) is 71.4 Å². The molecule has 6 N–H and O–H groups in total. The lowest BCUT2D eigenvalue weighted by molar-refractivity contribution is 0.0859. The number of amides is 2. The summed E-state index contributed by atoms with van der Waals surface area (Å²) in [6, 6.07) is 5.22. The predicted octanol–water partition coefficient (Wildman–Crippen LogP) is 4.52. The molecule has 4 rings (SSSR count). The second-order valence-corrected chi connectivity index (χ2v) is 9.01. The lowest BCUT2D eigenvalue weighted by atomic mass is 9.75. The maximum Gasteiger partial charge on any atom is 0.421 e. The Balaban J connectivity index is 1.61. The zero-order valence-corrected chi connectivity index (χ0v) is 19.8. The van der Waals surface area contributed by atoms with Crippen LogP contribution in [0.4, 0.5) is 29.3 Å². The molecule has 37 heavy (non-hydrogen) atoms. The molecule has 1 aliphatic rings. The average molecular weight is 515 g/mol. The van der Waals surface area contributed by atoms with E-state index in [0.29, 0.717) is 24.9 Å². The quantitative estimate of drug-likeness (QED) is 0.222. The number of nitrogens with zero attached hydrogens (tertiary/aromatic N) is 3. The van der Waals surface area contributed by atoms with Gasteiger partial charge in [0.15, 0.2) is 11.5 Å². The van der Waals surface area contributed by atoms with Crippen molar-refractivity contribution in [1.82, 2.24) is 15.0 Å². The summed E-state index contributed by atoms with van der Waals surface area (Å²) in [6.07, 6.45) is 3.54. The number of pyridine rings is 2. The van der Waals surface area contributed by atoms with Crippen molar-refractivity contribution in [2.45, 2.75) is 38.1 Å². The number of aromatic nitrogens is 2. The first kappa shape index (κ1) is 25.9. The SMILES string of the molecule is C[C@H]1C[C@H](c2ccncc2NC(=O)c2nc(-c3c(F)cccc3F)c(F)cc2N)CCC1N(N)C(=O)O. The van der Waals surface area contributed by atoms with E-state index >= 15 is 0 Å². The van der Waals surface area contributed by atoms with Crippen LogP contribution in [-0.2, 0) is 0 Å². The van der Waals surface area contributed by atoms with Gasteiger partial charge in [-0.3, -0.25) is 9.78 Å². The number of hydrogen-bond donors (Lipinski definition) is 4. The molecule has 0 aliphatic heterocycles. The molecule has 0 bridgehead atoms. The number of carbonyl (C=O) groups excluding carboxylic acids is 1. The highest BCUT2D eigenvalue weighted by Gasteiger charge is 2.34. The summed E-state index contributed by atoms with van der Waals surface area (Å²) >= 11 is 0. The second kappa shape index (κ2) is 10.4. The normalized spacial score (nSPS) is 19.3. The van der Waals surface area contributed by atoms with Gasteiger partial charge in [-0.1, -0.05) is 13.0 Å². The van der Waals surface area contributed by atoms with Gasteiger partial charge < -0.3 is 16.2 Å². The molecule has 0 saturated heterocycles. The van der Waals surface area contributed by atoms with E-state index in [0.717, 1.165) is 34.8 Å². The van der Waals surface area contributed by atoms with Gasteiger partial charge in [0.25, 0.3) is 5.91 Å². The molecule has 1 saturated carbocycles. The van der Waals surface area contributed by atoms with Crippen LogP contribution in [-0.4, -0.2) is 38.1 Å². The third-order valence-corrected chi connectivity index (χ3v) is 6.67. The van der Waals surface area contributed by atoms with Crippen LogP contribution in [0.15, 0.2) is 42.7 Å². The van der Waals surface area contributed by atoms with Gasteiger partial charge >= 0.3 is 6.09 Å². The van der Waals surface area contributed by atoms with Gasteiger partial charge in [0.1, 0.15) is 17.3 Å². The van der Waals surface area contributed by atoms with Crippen molar-refractivity contribution in [3.8, 4) is 11.3 Å². The number of rotatable bonds is 5. The maximum absolute atomic E-state index is 14.6. The molecule has 2 heterocycles. The first-order valence-corrected chi connectivity index (χ1v) is 11.5. The summed E-state index contributed by atoms with van der Waals surface area (Å²) in [5, 5.41) is 12.7. The van der Waals surface area contributed by atoms with Crippen molar-refractivity contribution in [3.63, 3.8) is 0 Å². The first-order chi connectivity index (χ1) is 17.6.